The molecule has 3 heterocycles. The zero-order valence-corrected chi connectivity index (χ0v) is 13.1. The van der Waals surface area contributed by atoms with Crippen LogP contribution < -0.4 is 4.74 Å². The van der Waals surface area contributed by atoms with Crippen molar-refractivity contribution in [2.75, 3.05) is 13.2 Å². The highest BCUT2D eigenvalue weighted by molar-refractivity contribution is 7.09. The molecule has 0 spiro atoms. The molecule has 2 aromatic rings. The maximum Gasteiger partial charge on any atom is 0.138 e. The van der Waals surface area contributed by atoms with E-state index in [4.69, 9.17) is 9.47 Å². The predicted octanol–water partition coefficient (Wildman–Crippen LogP) is 2.35. The third kappa shape index (κ3) is 2.86. The first-order valence-electron chi connectivity index (χ1n) is 7.71. The summed E-state index contributed by atoms with van der Waals surface area (Å²) in [5.41, 5.74) is 0. The van der Waals surface area contributed by atoms with E-state index in [2.05, 4.69) is 14.9 Å². The maximum absolute atomic E-state index is 6.10. The molecule has 4 rings (SSSR count). The first-order chi connectivity index (χ1) is 10.9. The highest BCUT2D eigenvalue weighted by atomic mass is 32.1. The van der Waals surface area contributed by atoms with Crippen LogP contribution in [0.2, 0.25) is 0 Å². The van der Waals surface area contributed by atoms with Gasteiger partial charge in [0, 0.05) is 30.4 Å². The van der Waals surface area contributed by atoms with E-state index in [0.717, 1.165) is 38.3 Å². The Hall–Kier alpha value is -1.50. The number of morpholine rings is 1. The van der Waals surface area contributed by atoms with Gasteiger partial charge in [0.2, 0.25) is 0 Å². The van der Waals surface area contributed by atoms with Gasteiger partial charge in [-0.1, -0.05) is 0 Å². The van der Waals surface area contributed by atoms with Crippen molar-refractivity contribution in [2.45, 2.75) is 37.6 Å². The monoisotopic (exact) mass is 317 g/mol. The van der Waals surface area contributed by atoms with E-state index >= 15 is 0 Å². The van der Waals surface area contributed by atoms with Gasteiger partial charge >= 0.3 is 0 Å². The number of thiazole rings is 1. The second-order valence-electron chi connectivity index (χ2n) is 5.72. The van der Waals surface area contributed by atoms with Crippen LogP contribution in [0.4, 0.5) is 0 Å². The standard InChI is InChI=1S/C16H19N3O2S/c1-2-12(10-17-5-1)21-14-4-3-13-16(14)20-8-7-19(13)11-15-18-6-9-22-15/h1-2,5-6,9-10,13-14,16H,3-4,7-8,11H2/t13-,14-,16+/m0/s1. The fourth-order valence-electron chi connectivity index (χ4n) is 3.41. The molecule has 116 valence electrons. The Morgan fingerprint density at radius 3 is 3.18 bits per heavy atom. The first kappa shape index (κ1) is 14.1. The Bertz CT molecular complexity index is 593. The van der Waals surface area contributed by atoms with Crippen molar-refractivity contribution in [3.8, 4) is 5.75 Å². The Labute approximate surface area is 133 Å². The molecule has 0 amide bonds. The number of rotatable bonds is 4. The van der Waals surface area contributed by atoms with Gasteiger partial charge in [0.1, 0.15) is 23.0 Å². The summed E-state index contributed by atoms with van der Waals surface area (Å²) in [7, 11) is 0. The fourth-order valence-corrected chi connectivity index (χ4v) is 4.05. The number of pyridine rings is 1. The second kappa shape index (κ2) is 6.32. The molecule has 1 saturated heterocycles. The molecule has 2 fully saturated rings. The predicted molar refractivity (Wildman–Crippen MR) is 83.9 cm³/mol. The van der Waals surface area contributed by atoms with Gasteiger partial charge in [0.25, 0.3) is 0 Å². The van der Waals surface area contributed by atoms with E-state index in [-0.39, 0.29) is 12.2 Å². The van der Waals surface area contributed by atoms with Gasteiger partial charge < -0.3 is 9.47 Å². The van der Waals surface area contributed by atoms with Crippen LogP contribution in [0.25, 0.3) is 0 Å². The smallest absolute Gasteiger partial charge is 0.138 e. The third-order valence-electron chi connectivity index (χ3n) is 4.39. The van der Waals surface area contributed by atoms with Gasteiger partial charge in [-0.25, -0.2) is 4.98 Å². The van der Waals surface area contributed by atoms with Crippen LogP contribution in [0.1, 0.15) is 17.8 Å². The molecule has 1 saturated carbocycles. The topological polar surface area (TPSA) is 47.5 Å². The summed E-state index contributed by atoms with van der Waals surface area (Å²) in [6.45, 7) is 2.65. The highest BCUT2D eigenvalue weighted by Gasteiger charge is 2.44. The average molecular weight is 317 g/mol. The molecular formula is C16H19N3O2S. The summed E-state index contributed by atoms with van der Waals surface area (Å²) in [5.74, 6) is 0.828. The molecular weight excluding hydrogens is 298 g/mol. The highest BCUT2D eigenvalue weighted by Crippen LogP contribution is 2.33. The molecule has 2 aromatic heterocycles. The van der Waals surface area contributed by atoms with Gasteiger partial charge in [-0.2, -0.15) is 0 Å². The average Bonchev–Trinajstić information content (AvgIpc) is 3.19. The molecule has 0 radical (unpaired) electrons. The third-order valence-corrected chi connectivity index (χ3v) is 5.16. The number of fused-ring (bicyclic) bond motifs is 1. The Balaban J connectivity index is 1.44. The van der Waals surface area contributed by atoms with E-state index < -0.39 is 0 Å². The minimum absolute atomic E-state index is 0.119. The van der Waals surface area contributed by atoms with Crippen molar-refractivity contribution >= 4 is 11.3 Å². The van der Waals surface area contributed by atoms with E-state index in [1.807, 2.05) is 23.7 Å². The van der Waals surface area contributed by atoms with Crippen LogP contribution in [0, 0.1) is 0 Å². The molecule has 6 heteroatoms. The molecule has 0 aromatic carbocycles. The number of ether oxygens (including phenoxy) is 2. The van der Waals surface area contributed by atoms with Gasteiger partial charge in [-0.05, 0) is 25.0 Å². The summed E-state index contributed by atoms with van der Waals surface area (Å²) < 4.78 is 12.1. The van der Waals surface area contributed by atoms with E-state index in [1.165, 1.54) is 5.01 Å². The number of nitrogens with zero attached hydrogens (tertiary/aromatic N) is 3. The Morgan fingerprint density at radius 2 is 2.36 bits per heavy atom. The lowest BCUT2D eigenvalue weighted by Crippen LogP contribution is -2.51. The summed E-state index contributed by atoms with van der Waals surface area (Å²) in [4.78, 5) is 11.0. The minimum Gasteiger partial charge on any atom is -0.486 e. The lowest BCUT2D eigenvalue weighted by molar-refractivity contribution is -0.0916. The van der Waals surface area contributed by atoms with Crippen LogP contribution in [0.3, 0.4) is 0 Å². The summed E-state index contributed by atoms with van der Waals surface area (Å²) in [6.07, 6.45) is 7.81. The summed E-state index contributed by atoms with van der Waals surface area (Å²) >= 11 is 1.72. The SMILES string of the molecule is c1cncc(O[C@H]2CC[C@H]3[C@H]2OCCN3Cc2nccs2)c1. The number of aromatic nitrogens is 2. The van der Waals surface area contributed by atoms with Crippen molar-refractivity contribution in [2.24, 2.45) is 0 Å². The largest absolute Gasteiger partial charge is 0.486 e. The van der Waals surface area contributed by atoms with Gasteiger partial charge in [0.05, 0.1) is 19.3 Å². The van der Waals surface area contributed by atoms with Crippen LogP contribution in [-0.4, -0.2) is 46.3 Å². The van der Waals surface area contributed by atoms with Crippen LogP contribution in [0.5, 0.6) is 5.75 Å². The van der Waals surface area contributed by atoms with Gasteiger partial charge in [0.15, 0.2) is 0 Å². The molecule has 1 aliphatic heterocycles. The van der Waals surface area contributed by atoms with Crippen molar-refractivity contribution in [1.29, 1.82) is 0 Å². The lowest BCUT2D eigenvalue weighted by Gasteiger charge is -2.38. The number of hydrogen-bond acceptors (Lipinski definition) is 6. The zero-order chi connectivity index (χ0) is 14.8. The molecule has 1 aliphatic carbocycles. The second-order valence-corrected chi connectivity index (χ2v) is 6.70. The van der Waals surface area contributed by atoms with Crippen molar-refractivity contribution in [3.05, 3.63) is 41.1 Å². The molecule has 3 atom stereocenters. The fraction of sp³-hybridized carbons (Fsp3) is 0.500. The molecule has 2 aliphatic rings. The van der Waals surface area contributed by atoms with Gasteiger partial charge in [-0.15, -0.1) is 11.3 Å². The summed E-state index contributed by atoms with van der Waals surface area (Å²) in [6, 6.07) is 4.29. The van der Waals surface area contributed by atoms with Crippen molar-refractivity contribution < 1.29 is 9.47 Å². The van der Waals surface area contributed by atoms with E-state index in [9.17, 15) is 0 Å². The molecule has 22 heavy (non-hydrogen) atoms. The van der Waals surface area contributed by atoms with Crippen LogP contribution >= 0.6 is 11.3 Å². The molecule has 0 N–H and O–H groups in total. The number of hydrogen-bond donors (Lipinski definition) is 0. The quantitative estimate of drug-likeness (QED) is 0.866. The normalized spacial score (nSPS) is 28.5. The molecule has 5 nitrogen and oxygen atoms in total. The first-order valence-corrected chi connectivity index (χ1v) is 8.59. The van der Waals surface area contributed by atoms with Crippen LogP contribution in [0.15, 0.2) is 36.1 Å². The molecule has 0 unspecified atom stereocenters. The minimum atomic E-state index is 0.119. The zero-order valence-electron chi connectivity index (χ0n) is 12.3. The van der Waals surface area contributed by atoms with Gasteiger partial charge in [-0.3, -0.25) is 9.88 Å². The lowest BCUT2D eigenvalue weighted by atomic mass is 10.1. The summed E-state index contributed by atoms with van der Waals surface area (Å²) in [5, 5.41) is 3.22. The van der Waals surface area contributed by atoms with Crippen LogP contribution in [-0.2, 0) is 11.3 Å². The van der Waals surface area contributed by atoms with E-state index in [1.54, 1.807) is 23.7 Å². The Morgan fingerprint density at radius 1 is 1.36 bits per heavy atom. The Kier molecular flexibility index (Phi) is 4.05. The van der Waals surface area contributed by atoms with Crippen molar-refractivity contribution in [3.63, 3.8) is 0 Å². The maximum atomic E-state index is 6.10. The van der Waals surface area contributed by atoms with E-state index in [0.29, 0.717) is 6.04 Å². The van der Waals surface area contributed by atoms with Crippen molar-refractivity contribution in [1.82, 2.24) is 14.9 Å². The molecule has 0 bridgehead atoms.